The van der Waals surface area contributed by atoms with Crippen LogP contribution in [0.15, 0.2) is 52.5 Å². The summed E-state index contributed by atoms with van der Waals surface area (Å²) in [5.74, 6) is 0.955. The molecule has 1 N–H and O–H groups in total. The maximum absolute atomic E-state index is 12.7. The number of benzene rings is 2. The fraction of sp³-hybridized carbons (Fsp3) is 0.391. The van der Waals surface area contributed by atoms with Crippen LogP contribution in [0.5, 0.6) is 11.5 Å². The first-order valence-electron chi connectivity index (χ1n) is 10.6. The van der Waals surface area contributed by atoms with Crippen molar-refractivity contribution in [1.82, 2.24) is 9.73 Å². The summed E-state index contributed by atoms with van der Waals surface area (Å²) >= 11 is 0. The molecule has 9 nitrogen and oxygen atoms in total. The number of nitrogens with one attached hydrogen (secondary N) is 1. The molecule has 178 valence electrons. The lowest BCUT2D eigenvalue weighted by atomic mass is 10.1. The third-order valence-electron chi connectivity index (χ3n) is 5.32. The molecule has 0 aromatic heterocycles. The Labute approximate surface area is 194 Å². The van der Waals surface area contributed by atoms with Crippen LogP contribution in [0.2, 0.25) is 0 Å². The number of rotatable bonds is 9. The average Bonchev–Trinajstić information content (AvgIpc) is 2.86. The molecule has 0 unspecified atom stereocenters. The van der Waals surface area contributed by atoms with E-state index in [0.717, 1.165) is 11.1 Å². The maximum atomic E-state index is 12.7. The van der Waals surface area contributed by atoms with E-state index in [-0.39, 0.29) is 17.2 Å². The molecule has 1 aliphatic rings. The van der Waals surface area contributed by atoms with Crippen LogP contribution in [0.4, 0.5) is 0 Å². The second-order valence-corrected chi connectivity index (χ2v) is 9.40. The lowest BCUT2D eigenvalue weighted by molar-refractivity contribution is -0.121. The molecule has 0 atom stereocenters. The van der Waals surface area contributed by atoms with E-state index in [2.05, 4.69) is 10.5 Å². The number of hydrogen-bond acceptors (Lipinski definition) is 7. The van der Waals surface area contributed by atoms with E-state index < -0.39 is 10.0 Å². The van der Waals surface area contributed by atoms with Gasteiger partial charge in [-0.2, -0.15) is 9.41 Å². The molecule has 0 bridgehead atoms. The molecule has 33 heavy (non-hydrogen) atoms. The van der Waals surface area contributed by atoms with Gasteiger partial charge in [0.25, 0.3) is 0 Å². The summed E-state index contributed by atoms with van der Waals surface area (Å²) in [5.41, 5.74) is 4.85. The monoisotopic (exact) mass is 475 g/mol. The summed E-state index contributed by atoms with van der Waals surface area (Å²) in [6.45, 7) is 3.30. The topological polar surface area (TPSA) is 107 Å². The van der Waals surface area contributed by atoms with E-state index >= 15 is 0 Å². The third-order valence-corrected chi connectivity index (χ3v) is 7.23. The van der Waals surface area contributed by atoms with Gasteiger partial charge in [-0.25, -0.2) is 13.8 Å². The molecule has 1 fully saturated rings. The number of morpholine rings is 1. The van der Waals surface area contributed by atoms with Crippen molar-refractivity contribution >= 4 is 21.6 Å². The number of nitrogens with zero attached hydrogens (tertiary/aromatic N) is 2. The molecule has 2 aromatic carbocycles. The zero-order valence-electron chi connectivity index (χ0n) is 19.0. The largest absolute Gasteiger partial charge is 0.493 e. The van der Waals surface area contributed by atoms with Crippen LogP contribution >= 0.6 is 0 Å². The highest BCUT2D eigenvalue weighted by molar-refractivity contribution is 7.89. The van der Waals surface area contributed by atoms with Crippen LogP contribution in [0.3, 0.4) is 0 Å². The minimum atomic E-state index is -3.52. The first kappa shape index (κ1) is 24.7. The second-order valence-electron chi connectivity index (χ2n) is 7.46. The molecule has 2 aromatic rings. The van der Waals surface area contributed by atoms with Crippen molar-refractivity contribution in [2.24, 2.45) is 5.10 Å². The smallest absolute Gasteiger partial charge is 0.243 e. The first-order chi connectivity index (χ1) is 15.8. The Morgan fingerprint density at radius 2 is 1.73 bits per heavy atom. The number of aryl methyl sites for hydroxylation is 1. The molecule has 0 spiro atoms. The first-order valence-corrected chi connectivity index (χ1v) is 12.0. The predicted molar refractivity (Wildman–Crippen MR) is 124 cm³/mol. The van der Waals surface area contributed by atoms with E-state index in [1.807, 2.05) is 6.07 Å². The number of methoxy groups -OCH3 is 2. The van der Waals surface area contributed by atoms with Gasteiger partial charge in [0.1, 0.15) is 0 Å². The lowest BCUT2D eigenvalue weighted by Gasteiger charge is -2.26. The minimum Gasteiger partial charge on any atom is -0.493 e. The minimum absolute atomic E-state index is 0.221. The Bertz CT molecular complexity index is 1090. The van der Waals surface area contributed by atoms with Gasteiger partial charge in [0.05, 0.1) is 38.0 Å². The molecule has 10 heteroatoms. The Morgan fingerprint density at radius 3 is 2.36 bits per heavy atom. The molecule has 1 amide bonds. The number of ether oxygens (including phenoxy) is 3. The summed E-state index contributed by atoms with van der Waals surface area (Å²) in [5, 5.41) is 4.16. The number of sulfonamides is 1. The highest BCUT2D eigenvalue weighted by Gasteiger charge is 2.26. The van der Waals surface area contributed by atoms with Crippen LogP contribution < -0.4 is 14.9 Å². The third kappa shape index (κ3) is 6.31. The quantitative estimate of drug-likeness (QED) is 0.440. The van der Waals surface area contributed by atoms with Crippen molar-refractivity contribution in [3.63, 3.8) is 0 Å². The molecular formula is C23H29N3O6S. The van der Waals surface area contributed by atoms with Gasteiger partial charge in [-0.3, -0.25) is 4.79 Å². The zero-order chi connectivity index (χ0) is 23.8. The van der Waals surface area contributed by atoms with Crippen molar-refractivity contribution in [2.75, 3.05) is 40.5 Å². The van der Waals surface area contributed by atoms with E-state index in [9.17, 15) is 13.2 Å². The zero-order valence-corrected chi connectivity index (χ0v) is 19.9. The Morgan fingerprint density at radius 1 is 1.06 bits per heavy atom. The summed E-state index contributed by atoms with van der Waals surface area (Å²) < 4.78 is 42.5. The van der Waals surface area contributed by atoms with Crippen LogP contribution in [-0.2, 0) is 26.0 Å². The predicted octanol–water partition coefficient (Wildman–Crippen LogP) is 2.20. The van der Waals surface area contributed by atoms with Crippen LogP contribution in [0.25, 0.3) is 0 Å². The van der Waals surface area contributed by atoms with Gasteiger partial charge in [-0.1, -0.05) is 12.1 Å². The van der Waals surface area contributed by atoms with Gasteiger partial charge in [0, 0.05) is 25.1 Å². The van der Waals surface area contributed by atoms with Crippen LogP contribution in [0.1, 0.15) is 24.5 Å². The number of carbonyl (C=O) groups excluding carboxylic acids is 1. The Hall–Kier alpha value is -2.95. The number of carbonyl (C=O) groups is 1. The maximum Gasteiger partial charge on any atom is 0.243 e. The number of amides is 1. The fourth-order valence-electron chi connectivity index (χ4n) is 3.35. The van der Waals surface area contributed by atoms with Crippen molar-refractivity contribution in [3.8, 4) is 11.5 Å². The van der Waals surface area contributed by atoms with Crippen molar-refractivity contribution < 1.29 is 27.4 Å². The molecule has 0 radical (unpaired) electrons. The lowest BCUT2D eigenvalue weighted by Crippen LogP contribution is -2.40. The molecule has 1 saturated heterocycles. The Kier molecular flexibility index (Phi) is 8.43. The second kappa shape index (κ2) is 11.3. The summed E-state index contributed by atoms with van der Waals surface area (Å²) in [7, 11) is -0.404. The standard InChI is InChI=1S/C23H29N3O6S/c1-17(19-7-10-21(30-2)22(16-19)31-3)24-25-23(27)11-6-18-4-8-20(9-5-18)33(28,29)26-12-14-32-15-13-26/h4-5,7-10,16H,6,11-15H2,1-3H3,(H,25,27)/b24-17+. The van der Waals surface area contributed by atoms with Gasteiger partial charge < -0.3 is 14.2 Å². The molecule has 1 aliphatic heterocycles. The Balaban J connectivity index is 1.54. The van der Waals surface area contributed by atoms with Gasteiger partial charge >= 0.3 is 0 Å². The summed E-state index contributed by atoms with van der Waals surface area (Å²) in [6.07, 6.45) is 0.687. The molecule has 1 heterocycles. The fourth-order valence-corrected chi connectivity index (χ4v) is 4.76. The molecule has 0 aliphatic carbocycles. The van der Waals surface area contributed by atoms with Crippen LogP contribution in [-0.4, -0.2) is 64.9 Å². The molecule has 0 saturated carbocycles. The SMILES string of the molecule is COc1ccc(/C(C)=N/NC(=O)CCc2ccc(S(=O)(=O)N3CCOCC3)cc2)cc1OC. The van der Waals surface area contributed by atoms with Gasteiger partial charge in [-0.15, -0.1) is 0 Å². The molecule has 3 rings (SSSR count). The van der Waals surface area contributed by atoms with E-state index in [4.69, 9.17) is 14.2 Å². The number of hydrazone groups is 1. The number of hydrogen-bond donors (Lipinski definition) is 1. The molecular weight excluding hydrogens is 446 g/mol. The average molecular weight is 476 g/mol. The van der Waals surface area contributed by atoms with Gasteiger partial charge in [0.2, 0.25) is 15.9 Å². The van der Waals surface area contributed by atoms with Gasteiger partial charge in [0.15, 0.2) is 11.5 Å². The van der Waals surface area contributed by atoms with E-state index in [0.29, 0.717) is 49.9 Å². The van der Waals surface area contributed by atoms with E-state index in [1.54, 1.807) is 57.5 Å². The van der Waals surface area contributed by atoms with Crippen LogP contribution in [0, 0.1) is 0 Å². The normalized spacial score (nSPS) is 15.2. The summed E-state index contributed by atoms with van der Waals surface area (Å²) in [4.78, 5) is 12.5. The van der Waals surface area contributed by atoms with Crippen molar-refractivity contribution in [2.45, 2.75) is 24.7 Å². The van der Waals surface area contributed by atoms with Crippen molar-refractivity contribution in [3.05, 3.63) is 53.6 Å². The van der Waals surface area contributed by atoms with Crippen molar-refractivity contribution in [1.29, 1.82) is 0 Å². The van der Waals surface area contributed by atoms with Gasteiger partial charge in [-0.05, 0) is 49.2 Å². The summed E-state index contributed by atoms with van der Waals surface area (Å²) in [6, 6.07) is 12.0. The van der Waals surface area contributed by atoms with E-state index in [1.165, 1.54) is 4.31 Å². The highest BCUT2D eigenvalue weighted by atomic mass is 32.2. The highest BCUT2D eigenvalue weighted by Crippen LogP contribution is 2.27.